The van der Waals surface area contributed by atoms with Gasteiger partial charge >= 0.3 is 0 Å². The van der Waals surface area contributed by atoms with E-state index in [0.717, 1.165) is 24.7 Å². The van der Waals surface area contributed by atoms with E-state index in [-0.39, 0.29) is 18.1 Å². The number of carbonyl (C=O) groups excluding carboxylic acids is 1. The Bertz CT molecular complexity index is 642. The van der Waals surface area contributed by atoms with Gasteiger partial charge in [0, 0.05) is 6.54 Å². The molecule has 14 heteroatoms. The fourth-order valence-electron chi connectivity index (χ4n) is 4.04. The Morgan fingerprint density at radius 2 is 2.06 bits per heavy atom. The van der Waals surface area contributed by atoms with E-state index in [0.29, 0.717) is 12.3 Å². The minimum Gasteiger partial charge on any atom is -0.756 e. The van der Waals surface area contributed by atoms with Crippen LogP contribution in [-0.2, 0) is 18.6 Å². The van der Waals surface area contributed by atoms with Crippen LogP contribution in [0.15, 0.2) is 0 Å². The number of alkyl halides is 1. The fourth-order valence-corrected chi connectivity index (χ4v) is 5.60. The van der Waals surface area contributed by atoms with Crippen LogP contribution in [0.1, 0.15) is 26.7 Å². The molecule has 2 aliphatic rings. The second kappa shape index (κ2) is 11.9. The van der Waals surface area contributed by atoms with Crippen LogP contribution < -0.4 is 16.4 Å². The monoisotopic (exact) mass is 507 g/mol. The molecule has 0 saturated carbocycles. The number of phosphoric ester groups is 1. The molecular formula is C17H35ClN3O8PS. The summed E-state index contributed by atoms with van der Waals surface area (Å²) in [5, 5.41) is 23.2. The summed E-state index contributed by atoms with van der Waals surface area (Å²) in [5.74, 6) is 0.158. The number of hydrogen-bond donors (Lipinski definition) is 5. The minimum absolute atomic E-state index is 0. The van der Waals surface area contributed by atoms with Crippen molar-refractivity contribution in [2.24, 2.45) is 5.92 Å². The standard InChI is InChI=1S/C17H32ClN2O8PS.H3N/c1-5-9-6-10(20(3)7-9)16(23)19-11(8(2)18)14-12(21)13(22)15(17(27-14)30-4)28-29(24,25)26;/h8-15,17,21-22H,5-7H2,1-4H3,(H,19,23)(H2,24,25,26);1H3/t8?,9?,10-,11?,12-,13?,14?,15?,17-;/m1./s1. The highest BCUT2D eigenvalue weighted by atomic mass is 35.5. The van der Waals surface area contributed by atoms with E-state index in [4.69, 9.17) is 21.2 Å². The second-order valence-corrected chi connectivity index (χ2v) is 10.7. The predicted octanol–water partition coefficient (Wildman–Crippen LogP) is -0.139. The van der Waals surface area contributed by atoms with Gasteiger partial charge in [-0.3, -0.25) is 14.3 Å². The Balaban J connectivity index is 0.00000480. The number of hydrogen-bond acceptors (Lipinski definition) is 9. The third-order valence-corrected chi connectivity index (χ3v) is 7.37. The number of ether oxygens (including phenoxy) is 1. The quantitative estimate of drug-likeness (QED) is 0.218. The molecule has 0 bridgehead atoms. The number of phosphoric acid groups is 1. The molecule has 0 aliphatic carbocycles. The topological polar surface area (TPSA) is 188 Å². The number of likely N-dealkylation sites (N-methyl/N-ethyl adjacent to an activating group) is 1. The van der Waals surface area contributed by atoms with Gasteiger partial charge in [-0.1, -0.05) is 13.3 Å². The molecule has 1 amide bonds. The van der Waals surface area contributed by atoms with Gasteiger partial charge in [0.15, 0.2) is 0 Å². The van der Waals surface area contributed by atoms with Crippen molar-refractivity contribution in [3.05, 3.63) is 0 Å². The SMILES string of the molecule is CCC1C[C@H](C(=O)NC(C(C)Cl)C2O[C@H](SC)C(OP(=O)([O-])O)C(O)[C@H]2O)N(C)C1.[NH4+]. The number of aliphatic hydroxyl groups excluding tert-OH is 2. The van der Waals surface area contributed by atoms with Gasteiger partial charge in [0.2, 0.25) is 5.91 Å². The first kappa shape index (κ1) is 29.1. The van der Waals surface area contributed by atoms with Crippen LogP contribution in [-0.4, -0.2) is 93.1 Å². The number of nitrogens with zero attached hydrogens (tertiary/aromatic N) is 1. The normalized spacial score (nSPS) is 38.0. The van der Waals surface area contributed by atoms with Gasteiger partial charge in [-0.25, -0.2) is 0 Å². The lowest BCUT2D eigenvalue weighted by Crippen LogP contribution is -2.65. The summed E-state index contributed by atoms with van der Waals surface area (Å²) in [4.78, 5) is 35.0. The van der Waals surface area contributed by atoms with Gasteiger partial charge in [-0.2, -0.15) is 0 Å². The molecule has 2 saturated heterocycles. The summed E-state index contributed by atoms with van der Waals surface area (Å²) in [6.45, 7) is 4.50. The third kappa shape index (κ3) is 7.25. The van der Waals surface area contributed by atoms with Gasteiger partial charge in [-0.15, -0.1) is 23.4 Å². The van der Waals surface area contributed by atoms with Gasteiger partial charge in [0.05, 0.1) is 17.5 Å². The van der Waals surface area contributed by atoms with Crippen LogP contribution in [0.5, 0.6) is 0 Å². The van der Waals surface area contributed by atoms with Crippen LogP contribution >= 0.6 is 31.2 Å². The Labute approximate surface area is 192 Å². The summed E-state index contributed by atoms with van der Waals surface area (Å²) in [7, 11) is -3.31. The van der Waals surface area contributed by atoms with E-state index < -0.39 is 49.1 Å². The van der Waals surface area contributed by atoms with E-state index in [1.165, 1.54) is 0 Å². The molecule has 0 radical (unpaired) electrons. The highest BCUT2D eigenvalue weighted by Crippen LogP contribution is 2.40. The molecule has 10 atom stereocenters. The number of halogens is 1. The molecule has 2 rings (SSSR count). The van der Waals surface area contributed by atoms with Gasteiger partial charge in [0.25, 0.3) is 7.82 Å². The lowest BCUT2D eigenvalue weighted by Gasteiger charge is -2.46. The van der Waals surface area contributed by atoms with Crippen molar-refractivity contribution in [2.45, 2.75) is 74.0 Å². The van der Waals surface area contributed by atoms with E-state index in [1.807, 2.05) is 11.9 Å². The zero-order valence-corrected chi connectivity index (χ0v) is 20.8. The first-order valence-corrected chi connectivity index (χ1v) is 13.0. The smallest absolute Gasteiger partial charge is 0.265 e. The van der Waals surface area contributed by atoms with E-state index >= 15 is 0 Å². The van der Waals surface area contributed by atoms with E-state index in [1.54, 1.807) is 13.2 Å². The fraction of sp³-hybridized carbons (Fsp3) is 0.941. The van der Waals surface area contributed by atoms with Crippen LogP contribution in [0, 0.1) is 5.92 Å². The largest absolute Gasteiger partial charge is 0.756 e. The molecule has 31 heavy (non-hydrogen) atoms. The number of amides is 1. The van der Waals surface area contributed by atoms with Crippen molar-refractivity contribution in [3.8, 4) is 0 Å². The van der Waals surface area contributed by atoms with Crippen molar-refractivity contribution in [2.75, 3.05) is 19.8 Å². The first-order chi connectivity index (χ1) is 13.9. The number of aliphatic hydroxyl groups is 2. The summed E-state index contributed by atoms with van der Waals surface area (Å²) in [5.41, 5.74) is -1.03. The second-order valence-electron chi connectivity index (χ2n) is 7.90. The molecule has 2 fully saturated rings. The number of likely N-dealkylation sites (tertiary alicyclic amines) is 1. The van der Waals surface area contributed by atoms with Crippen molar-refractivity contribution < 1.29 is 38.6 Å². The summed E-state index contributed by atoms with van der Waals surface area (Å²) in [6, 6.07) is -1.20. The molecule has 0 spiro atoms. The Hall–Kier alpha value is 0.0200. The van der Waals surface area contributed by atoms with Crippen molar-refractivity contribution in [3.63, 3.8) is 0 Å². The first-order valence-electron chi connectivity index (χ1n) is 9.80. The number of carbonyl (C=O) groups is 1. The van der Waals surface area contributed by atoms with Crippen LogP contribution in [0.25, 0.3) is 0 Å². The maximum absolute atomic E-state index is 12.9. The summed E-state index contributed by atoms with van der Waals surface area (Å²) < 4.78 is 21.4. The summed E-state index contributed by atoms with van der Waals surface area (Å²) >= 11 is 7.32. The maximum Gasteiger partial charge on any atom is 0.265 e. The minimum atomic E-state index is -5.18. The Kier molecular flexibility index (Phi) is 11.2. The molecule has 2 aliphatic heterocycles. The number of quaternary nitrogens is 1. The van der Waals surface area contributed by atoms with E-state index in [2.05, 4.69) is 16.8 Å². The average molecular weight is 508 g/mol. The lowest BCUT2D eigenvalue weighted by atomic mass is 9.92. The lowest BCUT2D eigenvalue weighted by molar-refractivity contribution is -0.249. The van der Waals surface area contributed by atoms with Crippen molar-refractivity contribution >= 4 is 37.1 Å². The van der Waals surface area contributed by atoms with Crippen molar-refractivity contribution in [1.29, 1.82) is 0 Å². The van der Waals surface area contributed by atoms with Gasteiger partial charge in [-0.05, 0) is 32.6 Å². The Morgan fingerprint density at radius 1 is 1.45 bits per heavy atom. The highest BCUT2D eigenvalue weighted by molar-refractivity contribution is 7.99. The third-order valence-electron chi connectivity index (χ3n) is 5.74. The summed E-state index contributed by atoms with van der Waals surface area (Å²) in [6.07, 6.45) is -2.68. The Morgan fingerprint density at radius 3 is 2.52 bits per heavy atom. The molecule has 0 aromatic rings. The molecule has 7 unspecified atom stereocenters. The van der Waals surface area contributed by atoms with Crippen LogP contribution in [0.4, 0.5) is 0 Å². The molecular weight excluding hydrogens is 473 g/mol. The zero-order chi connectivity index (χ0) is 22.8. The van der Waals surface area contributed by atoms with Gasteiger partial charge in [0.1, 0.15) is 29.9 Å². The predicted molar refractivity (Wildman–Crippen MR) is 117 cm³/mol. The number of nitrogens with one attached hydrogen (secondary N) is 1. The molecule has 0 aromatic carbocycles. The number of rotatable bonds is 8. The van der Waals surface area contributed by atoms with Crippen LogP contribution in [0.3, 0.4) is 0 Å². The highest BCUT2D eigenvalue weighted by Gasteiger charge is 2.50. The number of thioether (sulfide) groups is 1. The molecule has 2 heterocycles. The molecule has 0 aromatic heterocycles. The van der Waals surface area contributed by atoms with Crippen LogP contribution in [0.2, 0.25) is 0 Å². The van der Waals surface area contributed by atoms with E-state index in [9.17, 15) is 24.5 Å². The molecule has 8 N–H and O–H groups in total. The van der Waals surface area contributed by atoms with Crippen molar-refractivity contribution in [1.82, 2.24) is 16.4 Å². The average Bonchev–Trinajstić information content (AvgIpc) is 3.04. The van der Waals surface area contributed by atoms with Gasteiger partial charge < -0.3 is 40.7 Å². The molecule has 184 valence electrons. The zero-order valence-electron chi connectivity index (χ0n) is 18.4. The molecule has 11 nitrogen and oxygen atoms in total. The maximum atomic E-state index is 12.9.